The number of hydrogen-bond acceptors (Lipinski definition) is 6. The molecule has 32 heavy (non-hydrogen) atoms. The van der Waals surface area contributed by atoms with Crippen molar-refractivity contribution in [2.45, 2.75) is 20.0 Å². The fourth-order valence-electron chi connectivity index (χ4n) is 3.74. The highest BCUT2D eigenvalue weighted by molar-refractivity contribution is 5.92. The number of aromatic nitrogens is 4. The first-order valence-corrected chi connectivity index (χ1v) is 10.3. The van der Waals surface area contributed by atoms with Crippen LogP contribution in [0.1, 0.15) is 23.1 Å². The number of fused-ring (bicyclic) bond motifs is 1. The Morgan fingerprint density at radius 1 is 1.03 bits per heavy atom. The van der Waals surface area contributed by atoms with Crippen molar-refractivity contribution < 1.29 is 9.53 Å². The van der Waals surface area contributed by atoms with Gasteiger partial charge in [-0.2, -0.15) is 10.2 Å². The normalized spacial score (nSPS) is 11.9. The molecule has 1 N–H and O–H groups in total. The lowest BCUT2D eigenvalue weighted by atomic mass is 10.1. The van der Waals surface area contributed by atoms with E-state index in [2.05, 4.69) is 15.5 Å². The molecule has 4 aromatic rings. The Balaban J connectivity index is 1.85. The first kappa shape index (κ1) is 21.3. The van der Waals surface area contributed by atoms with E-state index in [0.717, 1.165) is 33.5 Å². The van der Waals surface area contributed by atoms with Gasteiger partial charge in [-0.3, -0.25) is 4.79 Å². The Morgan fingerprint density at radius 3 is 2.41 bits per heavy atom. The summed E-state index contributed by atoms with van der Waals surface area (Å²) in [5, 5.41) is 17.1. The summed E-state index contributed by atoms with van der Waals surface area (Å²) < 4.78 is 8.11. The number of aryl methyl sites for hydroxylation is 2. The number of amides is 1. The van der Waals surface area contributed by atoms with Crippen LogP contribution in [0.15, 0.2) is 54.6 Å². The minimum Gasteiger partial charge on any atom is -0.474 e. The molecule has 1 amide bonds. The van der Waals surface area contributed by atoms with E-state index >= 15 is 0 Å². The molecular formula is C24H26N6O2. The summed E-state index contributed by atoms with van der Waals surface area (Å²) in [5.41, 5.74) is 3.99. The smallest absolute Gasteiger partial charge is 0.265 e. The molecule has 2 heterocycles. The predicted octanol–water partition coefficient (Wildman–Crippen LogP) is 3.36. The number of rotatable bonds is 6. The van der Waals surface area contributed by atoms with Crippen LogP contribution in [0.3, 0.4) is 0 Å². The van der Waals surface area contributed by atoms with Crippen LogP contribution in [0.2, 0.25) is 0 Å². The van der Waals surface area contributed by atoms with E-state index in [1.807, 2.05) is 92.1 Å². The molecule has 0 aliphatic heterocycles. The van der Waals surface area contributed by atoms with Crippen molar-refractivity contribution in [2.75, 3.05) is 26.0 Å². The minimum absolute atomic E-state index is 0.229. The highest BCUT2D eigenvalue weighted by atomic mass is 16.5. The predicted molar refractivity (Wildman–Crippen MR) is 124 cm³/mol. The molecule has 2 aromatic carbocycles. The van der Waals surface area contributed by atoms with Gasteiger partial charge in [0.1, 0.15) is 17.0 Å². The van der Waals surface area contributed by atoms with Crippen LogP contribution >= 0.6 is 0 Å². The Morgan fingerprint density at radius 2 is 1.72 bits per heavy atom. The SMILES string of the molecule is CNC(=O)C(Oc1ccccc1-n1nc2c(N(C)C)nnc(C)c2c1C)c1ccccc1. The second-order valence-electron chi connectivity index (χ2n) is 7.71. The molecule has 0 saturated heterocycles. The number of nitrogens with zero attached hydrogens (tertiary/aromatic N) is 5. The van der Waals surface area contributed by atoms with Crippen molar-refractivity contribution in [2.24, 2.45) is 0 Å². The summed E-state index contributed by atoms with van der Waals surface area (Å²) in [6.07, 6.45) is -0.796. The van der Waals surface area contributed by atoms with Crippen molar-refractivity contribution in [3.63, 3.8) is 0 Å². The number of para-hydroxylation sites is 2. The summed E-state index contributed by atoms with van der Waals surface area (Å²) >= 11 is 0. The number of carbonyl (C=O) groups excluding carboxylic acids is 1. The number of benzene rings is 2. The van der Waals surface area contributed by atoms with Gasteiger partial charge in [-0.1, -0.05) is 42.5 Å². The summed E-state index contributed by atoms with van der Waals surface area (Å²) in [6.45, 7) is 3.92. The lowest BCUT2D eigenvalue weighted by molar-refractivity contribution is -0.127. The van der Waals surface area contributed by atoms with Crippen molar-refractivity contribution in [1.82, 2.24) is 25.3 Å². The maximum Gasteiger partial charge on any atom is 0.265 e. The van der Waals surface area contributed by atoms with Gasteiger partial charge in [0.05, 0.1) is 16.8 Å². The zero-order valence-electron chi connectivity index (χ0n) is 18.8. The number of likely N-dealkylation sites (N-methyl/N-ethyl adjacent to an activating group) is 1. The van der Waals surface area contributed by atoms with E-state index in [-0.39, 0.29) is 5.91 Å². The van der Waals surface area contributed by atoms with Gasteiger partial charge in [-0.05, 0) is 26.0 Å². The zero-order chi connectivity index (χ0) is 22.8. The van der Waals surface area contributed by atoms with Crippen LogP contribution in [0.4, 0.5) is 5.82 Å². The largest absolute Gasteiger partial charge is 0.474 e. The molecule has 164 valence electrons. The van der Waals surface area contributed by atoms with E-state index in [4.69, 9.17) is 9.84 Å². The second-order valence-corrected chi connectivity index (χ2v) is 7.71. The van der Waals surface area contributed by atoms with Gasteiger partial charge >= 0.3 is 0 Å². The van der Waals surface area contributed by atoms with E-state index in [1.54, 1.807) is 7.05 Å². The third-order valence-corrected chi connectivity index (χ3v) is 5.33. The molecule has 0 saturated carbocycles. The van der Waals surface area contributed by atoms with Crippen molar-refractivity contribution in [3.05, 3.63) is 71.5 Å². The molecule has 8 heteroatoms. The van der Waals surface area contributed by atoms with Gasteiger partial charge in [0, 0.05) is 26.7 Å². The summed E-state index contributed by atoms with van der Waals surface area (Å²) in [7, 11) is 5.43. The average molecular weight is 431 g/mol. The van der Waals surface area contributed by atoms with Gasteiger partial charge in [0.2, 0.25) is 6.10 Å². The first-order valence-electron chi connectivity index (χ1n) is 10.3. The quantitative estimate of drug-likeness (QED) is 0.505. The van der Waals surface area contributed by atoms with Gasteiger partial charge < -0.3 is 15.0 Å². The summed E-state index contributed by atoms with van der Waals surface area (Å²) in [4.78, 5) is 14.5. The number of nitrogens with one attached hydrogen (secondary N) is 1. The van der Waals surface area contributed by atoms with E-state index < -0.39 is 6.10 Å². The average Bonchev–Trinajstić information content (AvgIpc) is 3.15. The van der Waals surface area contributed by atoms with Crippen molar-refractivity contribution in [1.29, 1.82) is 0 Å². The molecule has 0 radical (unpaired) electrons. The monoisotopic (exact) mass is 430 g/mol. The molecule has 1 atom stereocenters. The van der Waals surface area contributed by atoms with Crippen LogP contribution in [-0.2, 0) is 4.79 Å². The molecule has 0 bridgehead atoms. The molecule has 4 rings (SSSR count). The molecule has 2 aromatic heterocycles. The highest BCUT2D eigenvalue weighted by Crippen LogP contribution is 2.33. The molecule has 8 nitrogen and oxygen atoms in total. The van der Waals surface area contributed by atoms with Crippen LogP contribution in [0.5, 0.6) is 5.75 Å². The van der Waals surface area contributed by atoms with Crippen LogP contribution in [0, 0.1) is 13.8 Å². The Labute approximate surface area is 186 Å². The Kier molecular flexibility index (Phi) is 5.77. The summed E-state index contributed by atoms with van der Waals surface area (Å²) in [6, 6.07) is 17.0. The van der Waals surface area contributed by atoms with Gasteiger partial charge in [-0.25, -0.2) is 4.68 Å². The van der Waals surface area contributed by atoms with Gasteiger partial charge in [-0.15, -0.1) is 5.10 Å². The molecule has 0 aliphatic carbocycles. The fraction of sp³-hybridized carbons (Fsp3) is 0.250. The van der Waals surface area contributed by atoms with Gasteiger partial charge in [0.25, 0.3) is 5.91 Å². The van der Waals surface area contributed by atoms with E-state index in [1.165, 1.54) is 0 Å². The van der Waals surface area contributed by atoms with Crippen molar-refractivity contribution >= 4 is 22.6 Å². The second kappa shape index (κ2) is 8.66. The van der Waals surface area contributed by atoms with Crippen LogP contribution in [-0.4, -0.2) is 47.0 Å². The number of hydrogen-bond donors (Lipinski definition) is 1. The number of anilines is 1. The third kappa shape index (κ3) is 3.75. The topological polar surface area (TPSA) is 85.2 Å². The lowest BCUT2D eigenvalue weighted by Gasteiger charge is -2.20. The van der Waals surface area contributed by atoms with Gasteiger partial charge in [0.15, 0.2) is 5.82 Å². The number of ether oxygens (including phenoxy) is 1. The maximum atomic E-state index is 12.7. The molecule has 1 unspecified atom stereocenters. The minimum atomic E-state index is -0.796. The molecule has 0 fully saturated rings. The molecule has 0 aliphatic rings. The van der Waals surface area contributed by atoms with E-state index in [9.17, 15) is 4.79 Å². The standard InChI is InChI=1S/C24H26N6O2/c1-15-20-16(2)30(28-21(20)23(27-26-15)29(4)5)18-13-9-10-14-19(18)32-22(24(31)25-3)17-11-7-6-8-12-17/h6-14,22H,1-5H3,(H,25,31). The van der Waals surface area contributed by atoms with Crippen LogP contribution in [0.25, 0.3) is 16.6 Å². The Bertz CT molecular complexity index is 1270. The lowest BCUT2D eigenvalue weighted by Crippen LogP contribution is -2.29. The third-order valence-electron chi connectivity index (χ3n) is 5.33. The van der Waals surface area contributed by atoms with Crippen LogP contribution < -0.4 is 15.0 Å². The Hall–Kier alpha value is -3.94. The first-order chi connectivity index (χ1) is 15.4. The fourth-order valence-corrected chi connectivity index (χ4v) is 3.74. The highest BCUT2D eigenvalue weighted by Gasteiger charge is 2.24. The van der Waals surface area contributed by atoms with E-state index in [0.29, 0.717) is 11.6 Å². The zero-order valence-corrected chi connectivity index (χ0v) is 18.8. The number of carbonyl (C=O) groups is 1. The van der Waals surface area contributed by atoms with Crippen molar-refractivity contribution in [3.8, 4) is 11.4 Å². The summed E-state index contributed by atoms with van der Waals surface area (Å²) in [5.74, 6) is 1.01. The maximum absolute atomic E-state index is 12.7. The molecular weight excluding hydrogens is 404 g/mol. The molecule has 0 spiro atoms.